The fourth-order valence-electron chi connectivity index (χ4n) is 2.52. The number of benzene rings is 2. The molecule has 3 rings (SSSR count). The quantitative estimate of drug-likeness (QED) is 0.380. The summed E-state index contributed by atoms with van der Waals surface area (Å²) in [7, 11) is 0. The molecule has 7 nitrogen and oxygen atoms in total. The second-order valence-corrected chi connectivity index (χ2v) is 5.71. The lowest BCUT2D eigenvalue weighted by atomic mass is 10.1. The van der Waals surface area contributed by atoms with Crippen LogP contribution in [0.25, 0.3) is 11.0 Å². The molecule has 0 saturated heterocycles. The largest absolute Gasteiger partial charge is 0.506 e. The van der Waals surface area contributed by atoms with E-state index in [4.69, 9.17) is 4.42 Å². The van der Waals surface area contributed by atoms with Crippen molar-refractivity contribution in [2.24, 2.45) is 0 Å². The fraction of sp³-hybridized carbons (Fsp3) is 0.105. The van der Waals surface area contributed by atoms with Crippen LogP contribution in [0.2, 0.25) is 0 Å². The molecule has 2 amide bonds. The summed E-state index contributed by atoms with van der Waals surface area (Å²) in [5, 5.41) is 15.4. The van der Waals surface area contributed by atoms with Gasteiger partial charge in [0.2, 0.25) is 0 Å². The summed E-state index contributed by atoms with van der Waals surface area (Å²) in [5.74, 6) is -2.16. The molecule has 0 fully saturated rings. The number of hydrogen-bond donors (Lipinski definition) is 3. The number of anilines is 1. The summed E-state index contributed by atoms with van der Waals surface area (Å²) in [6.45, 7) is 1.89. The monoisotopic (exact) mass is 352 g/mol. The molecule has 0 saturated carbocycles. The van der Waals surface area contributed by atoms with E-state index in [1.54, 1.807) is 13.0 Å². The predicted molar refractivity (Wildman–Crippen MR) is 95.8 cm³/mol. The number of nitrogens with one attached hydrogen (secondary N) is 2. The van der Waals surface area contributed by atoms with Crippen LogP contribution in [0.4, 0.5) is 5.69 Å². The smallest absolute Gasteiger partial charge is 0.336 e. The normalized spacial score (nSPS) is 10.5. The Kier molecular flexibility index (Phi) is 4.70. The highest BCUT2D eigenvalue weighted by Gasteiger charge is 2.19. The first-order valence-electron chi connectivity index (χ1n) is 7.85. The van der Waals surface area contributed by atoms with Gasteiger partial charge in [-0.2, -0.15) is 0 Å². The maximum Gasteiger partial charge on any atom is 0.336 e. The van der Waals surface area contributed by atoms with E-state index < -0.39 is 17.4 Å². The van der Waals surface area contributed by atoms with Gasteiger partial charge in [0.05, 0.1) is 0 Å². The van der Waals surface area contributed by atoms with Gasteiger partial charge in [0.25, 0.3) is 0 Å². The molecule has 0 atom stereocenters. The SMILES string of the molecule is Cc1cc(=O)oc2c(NC(=O)C(=O)NCc3ccccc3)c(O)ccc12. The highest BCUT2D eigenvalue weighted by atomic mass is 16.4. The number of phenolic OH excluding ortho intramolecular Hbond substituents is 1. The van der Waals surface area contributed by atoms with Crippen LogP contribution in [-0.2, 0) is 16.1 Å². The Hall–Kier alpha value is -3.61. The number of fused-ring (bicyclic) bond motifs is 1. The molecular weight excluding hydrogens is 336 g/mol. The first-order chi connectivity index (χ1) is 12.5. The number of hydrogen-bond acceptors (Lipinski definition) is 5. The highest BCUT2D eigenvalue weighted by Crippen LogP contribution is 2.32. The average molecular weight is 352 g/mol. The number of carbonyl (C=O) groups excluding carboxylic acids is 2. The zero-order chi connectivity index (χ0) is 18.7. The van der Waals surface area contributed by atoms with Crippen molar-refractivity contribution in [1.29, 1.82) is 0 Å². The van der Waals surface area contributed by atoms with Crippen LogP contribution in [0.5, 0.6) is 5.75 Å². The lowest BCUT2D eigenvalue weighted by molar-refractivity contribution is -0.136. The van der Waals surface area contributed by atoms with Crippen molar-refractivity contribution in [3.8, 4) is 5.75 Å². The van der Waals surface area contributed by atoms with Crippen molar-refractivity contribution >= 4 is 28.5 Å². The summed E-state index contributed by atoms with van der Waals surface area (Å²) in [5.41, 5.74) is 0.732. The first kappa shape index (κ1) is 17.2. The molecule has 3 aromatic rings. The van der Waals surface area contributed by atoms with E-state index in [1.165, 1.54) is 12.1 Å². The number of amides is 2. The second-order valence-electron chi connectivity index (χ2n) is 5.71. The van der Waals surface area contributed by atoms with Gasteiger partial charge in [0.15, 0.2) is 5.58 Å². The summed E-state index contributed by atoms with van der Waals surface area (Å²) in [6, 6.07) is 13.3. The van der Waals surface area contributed by atoms with E-state index in [2.05, 4.69) is 10.6 Å². The molecule has 0 aliphatic heterocycles. The van der Waals surface area contributed by atoms with Crippen LogP contribution in [0, 0.1) is 6.92 Å². The zero-order valence-corrected chi connectivity index (χ0v) is 13.9. The van der Waals surface area contributed by atoms with Gasteiger partial charge in [0.1, 0.15) is 11.4 Å². The van der Waals surface area contributed by atoms with Gasteiger partial charge in [-0.3, -0.25) is 9.59 Å². The second kappa shape index (κ2) is 7.10. The Morgan fingerprint density at radius 1 is 1.08 bits per heavy atom. The van der Waals surface area contributed by atoms with Crippen LogP contribution in [-0.4, -0.2) is 16.9 Å². The Morgan fingerprint density at radius 2 is 1.81 bits per heavy atom. The van der Waals surface area contributed by atoms with Gasteiger partial charge in [-0.15, -0.1) is 0 Å². The molecule has 2 aromatic carbocycles. The molecular formula is C19H16N2O5. The molecule has 1 aromatic heterocycles. The molecule has 0 aliphatic carbocycles. The predicted octanol–water partition coefficient (Wildman–Crippen LogP) is 2.06. The summed E-state index contributed by atoms with van der Waals surface area (Å²) in [6.07, 6.45) is 0. The van der Waals surface area contributed by atoms with Crippen LogP contribution in [0.15, 0.2) is 57.7 Å². The molecule has 3 N–H and O–H groups in total. The van der Waals surface area contributed by atoms with Crippen LogP contribution in [0.3, 0.4) is 0 Å². The van der Waals surface area contributed by atoms with Crippen molar-refractivity contribution in [3.05, 3.63) is 70.1 Å². The Morgan fingerprint density at radius 3 is 2.54 bits per heavy atom. The molecule has 26 heavy (non-hydrogen) atoms. The van der Waals surface area contributed by atoms with Gasteiger partial charge in [-0.1, -0.05) is 30.3 Å². The third-order valence-electron chi connectivity index (χ3n) is 3.84. The van der Waals surface area contributed by atoms with E-state index in [0.29, 0.717) is 10.9 Å². The molecule has 1 heterocycles. The van der Waals surface area contributed by atoms with Gasteiger partial charge in [-0.05, 0) is 30.2 Å². The highest BCUT2D eigenvalue weighted by molar-refractivity contribution is 6.40. The van der Waals surface area contributed by atoms with Crippen LogP contribution < -0.4 is 16.3 Å². The summed E-state index contributed by atoms with van der Waals surface area (Å²) in [4.78, 5) is 35.8. The topological polar surface area (TPSA) is 109 Å². The number of rotatable bonds is 3. The van der Waals surface area contributed by atoms with E-state index in [0.717, 1.165) is 5.56 Å². The van der Waals surface area contributed by atoms with Gasteiger partial charge >= 0.3 is 17.4 Å². The maximum absolute atomic E-state index is 12.1. The summed E-state index contributed by atoms with van der Waals surface area (Å²) >= 11 is 0. The standard InChI is InChI=1S/C19H16N2O5/c1-11-9-15(23)26-17-13(11)7-8-14(22)16(17)21-19(25)18(24)20-10-12-5-3-2-4-6-12/h2-9,22H,10H2,1H3,(H,20,24)(H,21,25). The lowest BCUT2D eigenvalue weighted by Crippen LogP contribution is -2.35. The Labute approximate surface area is 148 Å². The van der Waals surface area contributed by atoms with Crippen molar-refractivity contribution in [2.75, 3.05) is 5.32 Å². The average Bonchev–Trinajstić information content (AvgIpc) is 2.62. The van der Waals surface area contributed by atoms with Gasteiger partial charge in [0, 0.05) is 18.0 Å². The Balaban J connectivity index is 1.81. The molecule has 0 radical (unpaired) electrons. The molecule has 0 unspecified atom stereocenters. The number of phenols is 1. The van der Waals surface area contributed by atoms with E-state index in [9.17, 15) is 19.5 Å². The van der Waals surface area contributed by atoms with Gasteiger partial charge in [-0.25, -0.2) is 4.79 Å². The minimum Gasteiger partial charge on any atom is -0.506 e. The minimum absolute atomic E-state index is 0.0132. The third kappa shape index (κ3) is 3.56. The molecule has 0 bridgehead atoms. The van der Waals surface area contributed by atoms with E-state index >= 15 is 0 Å². The third-order valence-corrected chi connectivity index (χ3v) is 3.84. The number of aromatic hydroxyl groups is 1. The Bertz CT molecular complexity index is 1040. The number of carbonyl (C=O) groups is 2. The minimum atomic E-state index is -0.979. The van der Waals surface area contributed by atoms with Crippen LogP contribution >= 0.6 is 0 Å². The van der Waals surface area contributed by atoms with Gasteiger partial charge < -0.3 is 20.2 Å². The molecule has 0 aliphatic rings. The number of aryl methyl sites for hydroxylation is 1. The van der Waals surface area contributed by atoms with E-state index in [-0.39, 0.29) is 23.6 Å². The van der Waals surface area contributed by atoms with Crippen LogP contribution in [0.1, 0.15) is 11.1 Å². The van der Waals surface area contributed by atoms with E-state index in [1.807, 2.05) is 30.3 Å². The van der Waals surface area contributed by atoms with Crippen molar-refractivity contribution in [1.82, 2.24) is 5.32 Å². The fourth-order valence-corrected chi connectivity index (χ4v) is 2.52. The molecule has 0 spiro atoms. The summed E-state index contributed by atoms with van der Waals surface area (Å²) < 4.78 is 5.10. The van der Waals surface area contributed by atoms with Crippen molar-refractivity contribution < 1.29 is 19.1 Å². The molecule has 132 valence electrons. The lowest BCUT2D eigenvalue weighted by Gasteiger charge is -2.11. The van der Waals surface area contributed by atoms with Crippen molar-refractivity contribution in [2.45, 2.75) is 13.5 Å². The zero-order valence-electron chi connectivity index (χ0n) is 13.9. The van der Waals surface area contributed by atoms with Crippen molar-refractivity contribution in [3.63, 3.8) is 0 Å². The molecule has 7 heteroatoms. The first-order valence-corrected chi connectivity index (χ1v) is 7.85. The maximum atomic E-state index is 12.1.